The predicted octanol–water partition coefficient (Wildman–Crippen LogP) is 3.41. The van der Waals surface area contributed by atoms with Crippen LogP contribution < -0.4 is 0 Å². The van der Waals surface area contributed by atoms with Crippen LogP contribution in [0.4, 0.5) is 22.0 Å². The number of aliphatic hydroxyl groups excluding tert-OH is 1. The van der Waals surface area contributed by atoms with Gasteiger partial charge in [-0.15, -0.1) is 0 Å². The third-order valence-electron chi connectivity index (χ3n) is 2.75. The first-order valence-corrected chi connectivity index (χ1v) is 5.62. The molecular formula is C13H10F5NO. The van der Waals surface area contributed by atoms with Gasteiger partial charge in [0.25, 0.3) is 0 Å². The molecule has 0 bridgehead atoms. The monoisotopic (exact) mass is 291 g/mol. The normalized spacial score (nSPS) is 13.5. The number of hydrogen-bond acceptors (Lipinski definition) is 1. The number of aliphatic hydroxyl groups is 1. The summed E-state index contributed by atoms with van der Waals surface area (Å²) < 4.78 is 64.0. The molecule has 1 N–H and O–H groups in total. The molecule has 7 heteroatoms. The number of benzene rings is 1. The Labute approximate surface area is 111 Å². The topological polar surface area (TPSA) is 25.2 Å². The van der Waals surface area contributed by atoms with Crippen molar-refractivity contribution in [2.45, 2.75) is 18.8 Å². The van der Waals surface area contributed by atoms with Gasteiger partial charge in [-0.25, -0.2) is 8.78 Å². The van der Waals surface area contributed by atoms with Gasteiger partial charge < -0.3 is 9.67 Å². The molecule has 2 aromatic rings. The van der Waals surface area contributed by atoms with Crippen LogP contribution in [0, 0.1) is 11.6 Å². The second-order valence-corrected chi connectivity index (χ2v) is 4.31. The van der Waals surface area contributed by atoms with E-state index < -0.39 is 23.9 Å². The third-order valence-corrected chi connectivity index (χ3v) is 2.75. The van der Waals surface area contributed by atoms with Crippen LogP contribution in [0.2, 0.25) is 0 Å². The molecule has 1 aromatic heterocycles. The molecule has 20 heavy (non-hydrogen) atoms. The van der Waals surface area contributed by atoms with E-state index >= 15 is 0 Å². The highest BCUT2D eigenvalue weighted by atomic mass is 19.4. The zero-order chi connectivity index (χ0) is 14.9. The first-order chi connectivity index (χ1) is 9.27. The molecule has 0 spiro atoms. The molecule has 1 aromatic carbocycles. The number of alkyl halides is 3. The van der Waals surface area contributed by atoms with Crippen molar-refractivity contribution in [2.24, 2.45) is 0 Å². The van der Waals surface area contributed by atoms with Gasteiger partial charge in [0.15, 0.2) is 17.7 Å². The van der Waals surface area contributed by atoms with Crippen LogP contribution in [-0.2, 0) is 6.54 Å². The van der Waals surface area contributed by atoms with E-state index in [2.05, 4.69) is 0 Å². The van der Waals surface area contributed by atoms with Gasteiger partial charge in [-0.2, -0.15) is 13.2 Å². The highest BCUT2D eigenvalue weighted by molar-refractivity contribution is 5.20. The summed E-state index contributed by atoms with van der Waals surface area (Å²) in [5.41, 5.74) is 0.0904. The molecule has 1 unspecified atom stereocenters. The van der Waals surface area contributed by atoms with Gasteiger partial charge in [-0.3, -0.25) is 0 Å². The standard InChI is InChI=1S/C13H10F5NO/c14-10-2-1-8(5-11(10)15)6-19-4-3-9(7-19)12(20)13(16,17)18/h1-5,7,12,20H,6H2. The fraction of sp³-hybridized carbons (Fsp3) is 0.231. The maximum atomic E-state index is 13.0. The highest BCUT2D eigenvalue weighted by Crippen LogP contribution is 2.32. The Morgan fingerprint density at radius 3 is 2.40 bits per heavy atom. The minimum atomic E-state index is -4.74. The summed E-state index contributed by atoms with van der Waals surface area (Å²) in [6.07, 6.45) is -4.87. The van der Waals surface area contributed by atoms with Crippen LogP contribution in [0.25, 0.3) is 0 Å². The summed E-state index contributed by atoms with van der Waals surface area (Å²) in [5.74, 6) is -2.01. The van der Waals surface area contributed by atoms with Crippen molar-refractivity contribution in [1.82, 2.24) is 4.57 Å². The minimum Gasteiger partial charge on any atom is -0.379 e. The van der Waals surface area contributed by atoms with E-state index in [1.54, 1.807) is 0 Å². The number of hydrogen-bond donors (Lipinski definition) is 1. The molecule has 1 atom stereocenters. The number of nitrogens with zero attached hydrogens (tertiary/aromatic N) is 1. The van der Waals surface area contributed by atoms with E-state index in [1.807, 2.05) is 0 Å². The van der Waals surface area contributed by atoms with E-state index in [-0.39, 0.29) is 12.1 Å². The summed E-state index contributed by atoms with van der Waals surface area (Å²) in [4.78, 5) is 0. The van der Waals surface area contributed by atoms with Crippen LogP contribution in [0.1, 0.15) is 17.2 Å². The summed E-state index contributed by atoms with van der Waals surface area (Å²) in [7, 11) is 0. The Morgan fingerprint density at radius 1 is 1.10 bits per heavy atom. The second kappa shape index (κ2) is 5.24. The molecule has 0 saturated carbocycles. The van der Waals surface area contributed by atoms with Crippen LogP contribution in [0.15, 0.2) is 36.7 Å². The molecule has 0 aliphatic carbocycles. The third kappa shape index (κ3) is 3.16. The fourth-order valence-corrected chi connectivity index (χ4v) is 1.76. The van der Waals surface area contributed by atoms with E-state index in [0.717, 1.165) is 24.4 Å². The molecular weight excluding hydrogens is 281 g/mol. The Morgan fingerprint density at radius 2 is 1.80 bits per heavy atom. The maximum absolute atomic E-state index is 13.0. The number of halogens is 5. The van der Waals surface area contributed by atoms with Crippen molar-refractivity contribution in [3.05, 3.63) is 59.4 Å². The lowest BCUT2D eigenvalue weighted by molar-refractivity contribution is -0.206. The summed E-state index contributed by atoms with van der Waals surface area (Å²) in [5, 5.41) is 9.07. The van der Waals surface area contributed by atoms with Gasteiger partial charge in [-0.1, -0.05) is 6.07 Å². The van der Waals surface area contributed by atoms with Crippen molar-refractivity contribution >= 4 is 0 Å². The zero-order valence-electron chi connectivity index (χ0n) is 10.0. The molecule has 2 nitrogen and oxygen atoms in total. The summed E-state index contributed by atoms with van der Waals surface area (Å²) in [6, 6.07) is 4.37. The predicted molar refractivity (Wildman–Crippen MR) is 60.9 cm³/mol. The Kier molecular flexibility index (Phi) is 3.80. The van der Waals surface area contributed by atoms with E-state index in [4.69, 9.17) is 5.11 Å². The molecule has 0 aliphatic rings. The van der Waals surface area contributed by atoms with Crippen molar-refractivity contribution in [1.29, 1.82) is 0 Å². The lowest BCUT2D eigenvalue weighted by Gasteiger charge is -2.12. The van der Waals surface area contributed by atoms with Crippen LogP contribution in [0.3, 0.4) is 0 Å². The number of rotatable bonds is 3. The highest BCUT2D eigenvalue weighted by Gasteiger charge is 2.39. The largest absolute Gasteiger partial charge is 0.418 e. The maximum Gasteiger partial charge on any atom is 0.418 e. The Hall–Kier alpha value is -1.89. The SMILES string of the molecule is OC(c1ccn(Cc2ccc(F)c(F)c2)c1)C(F)(F)F. The van der Waals surface area contributed by atoms with Gasteiger partial charge in [0.05, 0.1) is 0 Å². The van der Waals surface area contributed by atoms with Crippen LogP contribution in [-0.4, -0.2) is 15.8 Å². The molecule has 0 aliphatic heterocycles. The van der Waals surface area contributed by atoms with Crippen molar-refractivity contribution in [3.63, 3.8) is 0 Å². The first kappa shape index (κ1) is 14.5. The first-order valence-electron chi connectivity index (χ1n) is 5.62. The zero-order valence-corrected chi connectivity index (χ0v) is 10.0. The van der Waals surface area contributed by atoms with Crippen molar-refractivity contribution in [2.75, 3.05) is 0 Å². The Bertz CT molecular complexity index is 605. The molecule has 2 rings (SSSR count). The van der Waals surface area contributed by atoms with Crippen molar-refractivity contribution < 1.29 is 27.1 Å². The van der Waals surface area contributed by atoms with Crippen molar-refractivity contribution in [3.8, 4) is 0 Å². The van der Waals surface area contributed by atoms with E-state index in [1.165, 1.54) is 16.8 Å². The molecule has 0 fully saturated rings. The van der Waals surface area contributed by atoms with Gasteiger partial charge in [-0.05, 0) is 23.8 Å². The molecule has 0 amide bonds. The van der Waals surface area contributed by atoms with E-state index in [9.17, 15) is 22.0 Å². The lowest BCUT2D eigenvalue weighted by atomic mass is 10.2. The molecule has 0 saturated heterocycles. The average Bonchev–Trinajstić information content (AvgIpc) is 2.80. The lowest BCUT2D eigenvalue weighted by Crippen LogP contribution is -2.19. The molecule has 1 heterocycles. The summed E-state index contributed by atoms with van der Waals surface area (Å²) in [6.45, 7) is 0.0712. The smallest absolute Gasteiger partial charge is 0.379 e. The minimum absolute atomic E-state index is 0.0712. The molecule has 108 valence electrons. The number of aromatic nitrogens is 1. The van der Waals surface area contributed by atoms with Crippen LogP contribution >= 0.6 is 0 Å². The Balaban J connectivity index is 2.15. The van der Waals surface area contributed by atoms with Gasteiger partial charge in [0, 0.05) is 24.5 Å². The average molecular weight is 291 g/mol. The second-order valence-electron chi connectivity index (χ2n) is 4.31. The van der Waals surface area contributed by atoms with Crippen LogP contribution in [0.5, 0.6) is 0 Å². The quantitative estimate of drug-likeness (QED) is 0.861. The van der Waals surface area contributed by atoms with E-state index in [0.29, 0.717) is 5.56 Å². The van der Waals surface area contributed by atoms with Gasteiger partial charge >= 0.3 is 6.18 Å². The van der Waals surface area contributed by atoms with Gasteiger partial charge in [0.1, 0.15) is 0 Å². The summed E-state index contributed by atoms with van der Waals surface area (Å²) >= 11 is 0. The van der Waals surface area contributed by atoms with Gasteiger partial charge in [0.2, 0.25) is 0 Å². The fourth-order valence-electron chi connectivity index (χ4n) is 1.76. The molecule has 0 radical (unpaired) electrons.